The molecule has 4 aromatic rings. The molecule has 0 spiro atoms. The lowest BCUT2D eigenvalue weighted by Crippen LogP contribution is -2.41. The van der Waals surface area contributed by atoms with Gasteiger partial charge in [0.15, 0.2) is 5.82 Å². The van der Waals surface area contributed by atoms with Crippen LogP contribution in [-0.2, 0) is 13.6 Å². The number of imidazole rings is 1. The van der Waals surface area contributed by atoms with Crippen molar-refractivity contribution in [3.63, 3.8) is 0 Å². The fraction of sp³-hybridized carbons (Fsp3) is 0.556. The van der Waals surface area contributed by atoms with E-state index in [4.69, 9.17) is 9.72 Å². The lowest BCUT2D eigenvalue weighted by molar-refractivity contribution is 0.0549. The van der Waals surface area contributed by atoms with Crippen LogP contribution in [0.4, 0.5) is 5.69 Å². The molecule has 3 aliphatic carbocycles. The highest BCUT2D eigenvalue weighted by molar-refractivity contribution is 6.00. The van der Waals surface area contributed by atoms with E-state index in [-0.39, 0.29) is 11.3 Å². The number of carbonyl (C=O) groups is 1. The first-order chi connectivity index (χ1) is 20.8. The highest BCUT2D eigenvalue weighted by Gasteiger charge is 2.44. The lowest BCUT2D eigenvalue weighted by Gasteiger charge is -2.43. The van der Waals surface area contributed by atoms with Crippen molar-refractivity contribution in [3.8, 4) is 17.3 Å². The summed E-state index contributed by atoms with van der Waals surface area (Å²) < 4.78 is 10.6. The summed E-state index contributed by atoms with van der Waals surface area (Å²) in [6, 6.07) is 13.1. The Bertz CT molecular complexity index is 1720. The van der Waals surface area contributed by atoms with Gasteiger partial charge in [0, 0.05) is 56.9 Å². The van der Waals surface area contributed by atoms with Gasteiger partial charge in [-0.15, -0.1) is 0 Å². The van der Waals surface area contributed by atoms with Crippen molar-refractivity contribution < 1.29 is 9.53 Å². The van der Waals surface area contributed by atoms with E-state index in [2.05, 4.69) is 64.2 Å². The van der Waals surface area contributed by atoms with Crippen molar-refractivity contribution in [2.45, 2.75) is 64.8 Å². The van der Waals surface area contributed by atoms with E-state index in [9.17, 15) is 4.79 Å². The van der Waals surface area contributed by atoms with Crippen LogP contribution in [-0.4, -0.2) is 58.7 Å². The van der Waals surface area contributed by atoms with Gasteiger partial charge in [0.1, 0.15) is 11.3 Å². The zero-order chi connectivity index (χ0) is 29.5. The Hall–Kier alpha value is -3.48. The number of amides is 1. The van der Waals surface area contributed by atoms with Gasteiger partial charge in [-0.2, -0.15) is 0 Å². The first-order valence-corrected chi connectivity index (χ1v) is 16.5. The maximum Gasteiger partial charge on any atom is 0.254 e. The van der Waals surface area contributed by atoms with Gasteiger partial charge in [-0.3, -0.25) is 4.79 Å². The molecular weight excluding hydrogens is 534 g/mol. The number of rotatable bonds is 9. The average molecular weight is 580 g/mol. The normalized spacial score (nSPS) is 23.4. The summed E-state index contributed by atoms with van der Waals surface area (Å²) in [4.78, 5) is 23.5. The second-order valence-electron chi connectivity index (χ2n) is 14.6. The zero-order valence-electron chi connectivity index (χ0n) is 26.2. The number of benzene rings is 2. The van der Waals surface area contributed by atoms with E-state index in [1.807, 2.05) is 12.1 Å². The summed E-state index contributed by atoms with van der Waals surface area (Å²) >= 11 is 0. The first kappa shape index (κ1) is 27.1. The molecule has 2 bridgehead atoms. The molecule has 2 saturated heterocycles. The second kappa shape index (κ2) is 10.0. The molecule has 7 nitrogen and oxygen atoms in total. The Morgan fingerprint density at radius 3 is 2.60 bits per heavy atom. The number of anilines is 1. The van der Waals surface area contributed by atoms with Crippen molar-refractivity contribution in [1.82, 2.24) is 19.0 Å². The van der Waals surface area contributed by atoms with E-state index < -0.39 is 0 Å². The van der Waals surface area contributed by atoms with Gasteiger partial charge in [-0.1, -0.05) is 25.8 Å². The van der Waals surface area contributed by atoms with Crippen LogP contribution >= 0.6 is 0 Å². The van der Waals surface area contributed by atoms with Crippen LogP contribution in [0, 0.1) is 23.2 Å². The van der Waals surface area contributed by atoms with Crippen molar-refractivity contribution in [1.29, 1.82) is 0 Å². The molecule has 2 aliphatic heterocycles. The van der Waals surface area contributed by atoms with Crippen LogP contribution < -0.4 is 9.64 Å². The molecule has 0 atom stereocenters. The average Bonchev–Trinajstić information content (AvgIpc) is 3.91. The molecule has 0 radical (unpaired) electrons. The fourth-order valence-electron chi connectivity index (χ4n) is 8.05. The minimum atomic E-state index is 0.0994. The number of carbonyl (C=O) groups excluding carboxylic acids is 1. The Morgan fingerprint density at radius 1 is 1.07 bits per heavy atom. The number of nitrogens with zero attached hydrogens (tertiary/aromatic N) is 5. The Balaban J connectivity index is 1.18. The van der Waals surface area contributed by atoms with Crippen LogP contribution in [0.25, 0.3) is 33.5 Å². The molecule has 3 saturated carbocycles. The van der Waals surface area contributed by atoms with Gasteiger partial charge >= 0.3 is 0 Å². The molecule has 226 valence electrons. The van der Waals surface area contributed by atoms with Gasteiger partial charge in [-0.25, -0.2) is 4.98 Å². The molecule has 4 heterocycles. The van der Waals surface area contributed by atoms with Gasteiger partial charge in [0.25, 0.3) is 5.91 Å². The van der Waals surface area contributed by atoms with Crippen molar-refractivity contribution in [2.24, 2.45) is 30.2 Å². The third-order valence-electron chi connectivity index (χ3n) is 10.9. The van der Waals surface area contributed by atoms with Crippen LogP contribution in [0.5, 0.6) is 5.75 Å². The SMILES string of the molecule is COc1cc(C(=O)N2CCC3CC(C)(C3)C2)cc2nc(-c3cc4ccc(N(C)CCC5CC5)cc4n3CC3CC3)n(C)c12. The topological polar surface area (TPSA) is 55.5 Å². The molecule has 5 fully saturated rings. The highest BCUT2D eigenvalue weighted by atomic mass is 16.5. The van der Waals surface area contributed by atoms with Gasteiger partial charge in [0.2, 0.25) is 0 Å². The molecule has 2 aromatic carbocycles. The summed E-state index contributed by atoms with van der Waals surface area (Å²) in [7, 11) is 6.00. The van der Waals surface area contributed by atoms with Gasteiger partial charge in [0.05, 0.1) is 23.8 Å². The molecular formula is C36H45N5O2. The van der Waals surface area contributed by atoms with Crippen molar-refractivity contribution in [2.75, 3.05) is 38.7 Å². The predicted octanol–water partition coefficient (Wildman–Crippen LogP) is 7.11. The number of fused-ring (bicyclic) bond motifs is 5. The molecule has 0 N–H and O–H groups in total. The lowest BCUT2D eigenvalue weighted by atomic mass is 9.63. The van der Waals surface area contributed by atoms with E-state index >= 15 is 0 Å². The van der Waals surface area contributed by atoms with Gasteiger partial charge < -0.3 is 23.7 Å². The summed E-state index contributed by atoms with van der Waals surface area (Å²) in [5.41, 5.74) is 6.38. The monoisotopic (exact) mass is 579 g/mol. The minimum Gasteiger partial charge on any atom is -0.494 e. The summed E-state index contributed by atoms with van der Waals surface area (Å²) in [5.74, 6) is 4.15. The maximum absolute atomic E-state index is 13.8. The molecule has 0 unspecified atom stereocenters. The second-order valence-corrected chi connectivity index (χ2v) is 14.6. The van der Waals surface area contributed by atoms with Crippen LogP contribution in [0.1, 0.15) is 68.6 Å². The van der Waals surface area contributed by atoms with E-state index in [0.29, 0.717) is 11.3 Å². The van der Waals surface area contributed by atoms with E-state index in [1.165, 1.54) is 61.5 Å². The molecule has 43 heavy (non-hydrogen) atoms. The molecule has 1 amide bonds. The first-order valence-electron chi connectivity index (χ1n) is 16.5. The standard InChI is InChI=1S/C36H45N5O2/c1-36-19-25(20-36)12-14-40(22-36)35(42)27-15-29-33(32(17-27)43-4)39(3)34(37-29)31-16-26-9-10-28(38(2)13-11-23-5-6-23)18-30(26)41(31)21-24-7-8-24/h9-10,15-18,23-25H,5-8,11-14,19-22H2,1-4H3. The van der Waals surface area contributed by atoms with Crippen molar-refractivity contribution >= 4 is 33.5 Å². The Morgan fingerprint density at radius 2 is 1.86 bits per heavy atom. The van der Waals surface area contributed by atoms with E-state index in [0.717, 1.165) is 72.9 Å². The Labute approximate surface area is 254 Å². The Kier molecular flexibility index (Phi) is 6.32. The fourth-order valence-corrected chi connectivity index (χ4v) is 8.05. The van der Waals surface area contributed by atoms with Crippen LogP contribution in [0.2, 0.25) is 0 Å². The number of hydrogen-bond acceptors (Lipinski definition) is 4. The minimum absolute atomic E-state index is 0.0994. The molecule has 5 aliphatic rings. The largest absolute Gasteiger partial charge is 0.494 e. The quantitative estimate of drug-likeness (QED) is 0.212. The van der Waals surface area contributed by atoms with Crippen LogP contribution in [0.3, 0.4) is 0 Å². The highest BCUT2D eigenvalue weighted by Crippen LogP contribution is 2.50. The number of aromatic nitrogens is 3. The predicted molar refractivity (Wildman–Crippen MR) is 173 cm³/mol. The van der Waals surface area contributed by atoms with E-state index in [1.54, 1.807) is 7.11 Å². The van der Waals surface area contributed by atoms with Crippen LogP contribution in [0.15, 0.2) is 36.4 Å². The summed E-state index contributed by atoms with van der Waals surface area (Å²) in [6.07, 6.45) is 10.3. The number of methoxy groups -OCH3 is 1. The summed E-state index contributed by atoms with van der Waals surface area (Å²) in [5, 5.41) is 1.25. The summed E-state index contributed by atoms with van der Waals surface area (Å²) in [6.45, 7) is 6.13. The number of ether oxygens (including phenoxy) is 1. The maximum atomic E-state index is 13.8. The molecule has 2 aromatic heterocycles. The number of hydrogen-bond donors (Lipinski definition) is 0. The van der Waals surface area contributed by atoms with Crippen molar-refractivity contribution in [3.05, 3.63) is 42.0 Å². The molecule has 9 rings (SSSR count). The smallest absolute Gasteiger partial charge is 0.254 e. The third kappa shape index (κ3) is 4.89. The third-order valence-corrected chi connectivity index (χ3v) is 10.9. The number of aryl methyl sites for hydroxylation is 1. The van der Waals surface area contributed by atoms with Gasteiger partial charge in [-0.05, 0) is 92.0 Å². The zero-order valence-corrected chi connectivity index (χ0v) is 26.2. The molecule has 7 heteroatoms.